The lowest BCUT2D eigenvalue weighted by Gasteiger charge is -2.00. The predicted molar refractivity (Wildman–Crippen MR) is 96.7 cm³/mol. The second-order valence-corrected chi connectivity index (χ2v) is 8.61. The zero-order valence-corrected chi connectivity index (χ0v) is 15.7. The van der Waals surface area contributed by atoms with Gasteiger partial charge in [0.1, 0.15) is 0 Å². The lowest BCUT2D eigenvalue weighted by Crippen LogP contribution is -3.61. The highest BCUT2D eigenvalue weighted by Crippen LogP contribution is 2.17. The molecule has 3 heteroatoms. The highest BCUT2D eigenvalue weighted by molar-refractivity contribution is 5.63. The van der Waals surface area contributed by atoms with Crippen molar-refractivity contribution in [1.29, 1.82) is 0 Å². The Morgan fingerprint density at radius 2 is 0.720 bits per heavy atom. The van der Waals surface area contributed by atoms with E-state index in [-0.39, 0.29) is 21.2 Å². The lowest BCUT2D eigenvalue weighted by molar-refractivity contribution is -0.597. The molecule has 2 nitrogen and oxygen atoms in total. The van der Waals surface area contributed by atoms with Crippen LogP contribution in [-0.4, -0.2) is 9.97 Å². The first-order valence-corrected chi connectivity index (χ1v) is 10.2. The second-order valence-electron chi connectivity index (χ2n) is 5.58. The first-order chi connectivity index (χ1) is 12.4. The SMILES string of the molecule is c1cc(-c2ccc([I+]c3ccc(-c4ccncc4)cc3)cc2)ccn1. The van der Waals surface area contributed by atoms with Crippen LogP contribution in [0, 0.1) is 7.14 Å². The minimum atomic E-state index is -0.162. The van der Waals surface area contributed by atoms with Crippen LogP contribution in [-0.2, 0) is 0 Å². The number of hydrogen-bond donors (Lipinski definition) is 0. The standard InChI is InChI=1S/C22H16IN2/c1-5-21(6-2-17(1)19-9-13-24-14-10-19)23-22-7-3-18(4-8-22)20-11-15-25-16-12-20/h1-16H/q+1. The Balaban J connectivity index is 1.49. The summed E-state index contributed by atoms with van der Waals surface area (Å²) in [5.74, 6) is 0. The van der Waals surface area contributed by atoms with E-state index in [1.54, 1.807) is 0 Å². The number of halogens is 1. The molecule has 4 aromatic rings. The van der Waals surface area contributed by atoms with Gasteiger partial charge < -0.3 is 0 Å². The monoisotopic (exact) mass is 435 g/mol. The Morgan fingerprint density at radius 1 is 0.400 bits per heavy atom. The van der Waals surface area contributed by atoms with Crippen LogP contribution in [0.1, 0.15) is 0 Å². The van der Waals surface area contributed by atoms with Gasteiger partial charge in [-0.25, -0.2) is 0 Å². The second kappa shape index (κ2) is 7.57. The Bertz CT molecular complexity index is 854. The highest BCUT2D eigenvalue weighted by Gasteiger charge is 2.15. The summed E-state index contributed by atoms with van der Waals surface area (Å²) >= 11 is -0.162. The minimum absolute atomic E-state index is 0.162. The highest BCUT2D eigenvalue weighted by atomic mass is 127. The maximum atomic E-state index is 4.08. The fourth-order valence-corrected chi connectivity index (χ4v) is 4.78. The first kappa shape index (κ1) is 16.0. The molecule has 0 aliphatic carbocycles. The van der Waals surface area contributed by atoms with Gasteiger partial charge in [0.25, 0.3) is 0 Å². The molecule has 0 atom stereocenters. The third kappa shape index (κ3) is 3.94. The summed E-state index contributed by atoms with van der Waals surface area (Å²) in [6, 6.07) is 26.0. The van der Waals surface area contributed by atoms with Crippen LogP contribution in [0.15, 0.2) is 97.6 Å². The average Bonchev–Trinajstić information content (AvgIpc) is 2.71. The fourth-order valence-electron chi connectivity index (χ4n) is 2.63. The summed E-state index contributed by atoms with van der Waals surface area (Å²) in [5.41, 5.74) is 4.90. The van der Waals surface area contributed by atoms with Gasteiger partial charge >= 0.3 is 21.2 Å². The summed E-state index contributed by atoms with van der Waals surface area (Å²) in [6.45, 7) is 0. The predicted octanol–water partition coefficient (Wildman–Crippen LogP) is 1.94. The lowest BCUT2D eigenvalue weighted by atomic mass is 10.1. The number of pyridine rings is 2. The molecule has 0 saturated carbocycles. The van der Waals surface area contributed by atoms with E-state index in [1.165, 1.54) is 29.4 Å². The van der Waals surface area contributed by atoms with Crippen molar-refractivity contribution in [3.05, 3.63) is 105 Å². The molecule has 4 rings (SSSR count). The van der Waals surface area contributed by atoms with E-state index >= 15 is 0 Å². The molecule has 0 aliphatic heterocycles. The maximum Gasteiger partial charge on any atom is 0.357 e. The minimum Gasteiger partial charge on any atom is -0.265 e. The summed E-state index contributed by atoms with van der Waals surface area (Å²) in [6.07, 6.45) is 7.34. The van der Waals surface area contributed by atoms with Crippen molar-refractivity contribution in [1.82, 2.24) is 9.97 Å². The molecular formula is C22H16IN2+. The van der Waals surface area contributed by atoms with Crippen molar-refractivity contribution in [3.8, 4) is 22.3 Å². The van der Waals surface area contributed by atoms with E-state index in [0.29, 0.717) is 0 Å². The van der Waals surface area contributed by atoms with Gasteiger partial charge in [-0.3, -0.25) is 9.97 Å². The Kier molecular flexibility index (Phi) is 4.84. The van der Waals surface area contributed by atoms with E-state index in [4.69, 9.17) is 0 Å². The molecule has 0 unspecified atom stereocenters. The van der Waals surface area contributed by atoms with Gasteiger partial charge in [0.05, 0.1) is 0 Å². The maximum absolute atomic E-state index is 4.08. The largest absolute Gasteiger partial charge is 0.357 e. The van der Waals surface area contributed by atoms with Gasteiger partial charge in [-0.1, -0.05) is 0 Å². The van der Waals surface area contributed by atoms with E-state index < -0.39 is 0 Å². The topological polar surface area (TPSA) is 25.8 Å². The zero-order chi connectivity index (χ0) is 16.9. The van der Waals surface area contributed by atoms with Crippen molar-refractivity contribution in [2.24, 2.45) is 0 Å². The molecule has 0 spiro atoms. The molecule has 0 radical (unpaired) electrons. The molecular weight excluding hydrogens is 419 g/mol. The van der Waals surface area contributed by atoms with Crippen molar-refractivity contribution in [3.63, 3.8) is 0 Å². The van der Waals surface area contributed by atoms with Crippen molar-refractivity contribution >= 4 is 0 Å². The Hall–Kier alpha value is -2.53. The van der Waals surface area contributed by atoms with E-state index in [0.717, 1.165) is 0 Å². The van der Waals surface area contributed by atoms with Crippen LogP contribution in [0.4, 0.5) is 0 Å². The Morgan fingerprint density at radius 3 is 1.08 bits per heavy atom. The van der Waals surface area contributed by atoms with Crippen LogP contribution in [0.2, 0.25) is 0 Å². The number of rotatable bonds is 4. The van der Waals surface area contributed by atoms with Gasteiger partial charge in [0.2, 0.25) is 0 Å². The molecule has 0 bridgehead atoms. The third-order valence-corrected chi connectivity index (χ3v) is 6.62. The molecule has 120 valence electrons. The molecule has 0 N–H and O–H groups in total. The number of nitrogens with zero attached hydrogens (tertiary/aromatic N) is 2. The van der Waals surface area contributed by atoms with Crippen LogP contribution in [0.5, 0.6) is 0 Å². The molecule has 2 aromatic carbocycles. The van der Waals surface area contributed by atoms with Gasteiger partial charge in [-0.15, -0.1) is 0 Å². The average molecular weight is 435 g/mol. The van der Waals surface area contributed by atoms with E-state index in [9.17, 15) is 0 Å². The number of hydrogen-bond acceptors (Lipinski definition) is 2. The van der Waals surface area contributed by atoms with Gasteiger partial charge in [0, 0.05) is 24.8 Å². The van der Waals surface area contributed by atoms with Crippen LogP contribution in [0.25, 0.3) is 22.3 Å². The number of benzene rings is 2. The summed E-state index contributed by atoms with van der Waals surface area (Å²) in [7, 11) is 0. The van der Waals surface area contributed by atoms with Crippen LogP contribution >= 0.6 is 0 Å². The van der Waals surface area contributed by atoms with Crippen molar-refractivity contribution < 1.29 is 21.2 Å². The molecule has 0 saturated heterocycles. The molecule has 0 fully saturated rings. The molecule has 0 aliphatic rings. The smallest absolute Gasteiger partial charge is 0.265 e. The fraction of sp³-hybridized carbons (Fsp3) is 0. The zero-order valence-electron chi connectivity index (χ0n) is 13.5. The van der Waals surface area contributed by atoms with Crippen molar-refractivity contribution in [2.75, 3.05) is 0 Å². The molecule has 0 amide bonds. The van der Waals surface area contributed by atoms with Gasteiger partial charge in [0.15, 0.2) is 7.14 Å². The molecule has 25 heavy (non-hydrogen) atoms. The van der Waals surface area contributed by atoms with Gasteiger partial charge in [-0.05, 0) is 95.1 Å². The molecule has 2 aromatic heterocycles. The third-order valence-electron chi connectivity index (χ3n) is 3.93. The van der Waals surface area contributed by atoms with Gasteiger partial charge in [-0.2, -0.15) is 0 Å². The first-order valence-electron chi connectivity index (χ1n) is 8.04. The normalized spacial score (nSPS) is 10.6. The summed E-state index contributed by atoms with van der Waals surface area (Å²) in [4.78, 5) is 8.15. The van der Waals surface area contributed by atoms with E-state index in [2.05, 4.69) is 58.5 Å². The molecule has 2 heterocycles. The Labute approximate surface area is 157 Å². The quantitative estimate of drug-likeness (QED) is 0.458. The number of aromatic nitrogens is 2. The van der Waals surface area contributed by atoms with Crippen molar-refractivity contribution in [2.45, 2.75) is 0 Å². The summed E-state index contributed by atoms with van der Waals surface area (Å²) in [5, 5.41) is 0. The van der Waals surface area contributed by atoms with Crippen LogP contribution < -0.4 is 21.2 Å². The van der Waals surface area contributed by atoms with Crippen LogP contribution in [0.3, 0.4) is 0 Å². The summed E-state index contributed by atoms with van der Waals surface area (Å²) < 4.78 is 2.85. The van der Waals surface area contributed by atoms with E-state index in [1.807, 2.05) is 49.1 Å².